The molecule has 1 heterocycles. The molecule has 0 bridgehead atoms. The molecule has 0 unspecified atom stereocenters. The molecule has 4 nitrogen and oxygen atoms in total. The van der Waals surface area contributed by atoms with Gasteiger partial charge in [-0.15, -0.1) is 11.6 Å². The molecule has 1 aliphatic heterocycles. The number of aromatic hydroxyl groups is 2. The van der Waals surface area contributed by atoms with Gasteiger partial charge in [0.2, 0.25) is 5.75 Å². The fraction of sp³-hybridized carbons (Fsp3) is 0.278. The van der Waals surface area contributed by atoms with E-state index in [1.54, 1.807) is 0 Å². The molecule has 0 aromatic heterocycles. The summed E-state index contributed by atoms with van der Waals surface area (Å²) in [5.41, 5.74) is 13.0. The summed E-state index contributed by atoms with van der Waals surface area (Å²) in [5, 5.41) is 0. The van der Waals surface area contributed by atoms with Crippen LogP contribution < -0.4 is 14.7 Å². The number of ether oxygens (including phenoxy) is 1. The van der Waals surface area contributed by atoms with Crippen LogP contribution in [-0.4, -0.2) is 31.9 Å². The van der Waals surface area contributed by atoms with Crippen molar-refractivity contribution in [2.24, 2.45) is 0 Å². The van der Waals surface area contributed by atoms with Gasteiger partial charge in [-0.1, -0.05) is 41.5 Å². The molecule has 7 heteroatoms. The molecular formula is C36H44Cl2N3ORu-2. The van der Waals surface area contributed by atoms with Crippen LogP contribution >= 0.6 is 19.4 Å². The summed E-state index contributed by atoms with van der Waals surface area (Å²) in [6.07, 6.45) is 0. The van der Waals surface area contributed by atoms with Crippen LogP contribution in [-0.2, 0) is 15.1 Å². The summed E-state index contributed by atoms with van der Waals surface area (Å²) in [4.78, 5) is 6.88. The van der Waals surface area contributed by atoms with Crippen molar-refractivity contribution in [2.75, 3.05) is 41.9 Å². The molecule has 233 valence electrons. The number of aryl methyl sites for hydroxylation is 6. The van der Waals surface area contributed by atoms with Crippen LogP contribution in [0.3, 0.4) is 0 Å². The zero-order chi connectivity index (χ0) is 31.7. The number of hydrogen-bond donors (Lipinski definition) is 0. The van der Waals surface area contributed by atoms with Gasteiger partial charge in [0.25, 0.3) is 0 Å². The van der Waals surface area contributed by atoms with Crippen LogP contribution in [0.5, 0.6) is 11.5 Å². The van der Waals surface area contributed by atoms with Crippen molar-refractivity contribution < 1.29 is 19.9 Å². The van der Waals surface area contributed by atoms with E-state index in [9.17, 15) is 0 Å². The van der Waals surface area contributed by atoms with Crippen molar-refractivity contribution in [3.8, 4) is 11.5 Å². The van der Waals surface area contributed by atoms with E-state index in [2.05, 4.69) is 111 Å². The zero-order valence-corrected chi connectivity index (χ0v) is 29.8. The summed E-state index contributed by atoms with van der Waals surface area (Å²) >= 11 is -0.346. The molecule has 0 aliphatic carbocycles. The first-order valence-electron chi connectivity index (χ1n) is 14.2. The summed E-state index contributed by atoms with van der Waals surface area (Å²) in [5.74, 6) is 1.87. The summed E-state index contributed by atoms with van der Waals surface area (Å²) in [7, 11) is 13.8. The van der Waals surface area contributed by atoms with Gasteiger partial charge in [-0.2, -0.15) is 19.7 Å². The monoisotopic (exact) mass is 706 g/mol. The number of nitrogens with zero attached hydrogens (tertiary/aromatic N) is 3. The van der Waals surface area contributed by atoms with Crippen molar-refractivity contribution >= 4 is 36.4 Å². The Labute approximate surface area is 275 Å². The van der Waals surface area contributed by atoms with Gasteiger partial charge in [0.05, 0.1) is 0 Å². The molecule has 0 radical (unpaired) electrons. The Kier molecular flexibility index (Phi) is 13.1. The van der Waals surface area contributed by atoms with Crippen LogP contribution in [0.25, 0.3) is 0 Å². The van der Waals surface area contributed by atoms with Gasteiger partial charge in [-0.3, -0.25) is 0 Å². The minimum absolute atomic E-state index is 0.346. The number of anilines is 3. The van der Waals surface area contributed by atoms with Gasteiger partial charge in [-0.05, 0) is 82.0 Å². The van der Waals surface area contributed by atoms with Gasteiger partial charge in [-0.25, -0.2) is 0 Å². The molecule has 0 amide bonds. The second kappa shape index (κ2) is 16.3. The Morgan fingerprint density at radius 2 is 1.14 bits per heavy atom. The van der Waals surface area contributed by atoms with Crippen LogP contribution in [0.1, 0.15) is 38.9 Å². The number of rotatable bonds is 5. The number of benzene rings is 4. The Morgan fingerprint density at radius 3 is 1.53 bits per heavy atom. The van der Waals surface area contributed by atoms with Crippen molar-refractivity contribution in [1.82, 2.24) is 0 Å². The first-order chi connectivity index (χ1) is 20.4. The third-order valence-electron chi connectivity index (χ3n) is 7.31. The second-order valence-corrected chi connectivity index (χ2v) is 13.8. The number of para-hydroxylation sites is 1. The van der Waals surface area contributed by atoms with Crippen molar-refractivity contribution in [3.05, 3.63) is 125 Å². The Balaban J connectivity index is 0.000000224. The molecule has 0 spiro atoms. The van der Waals surface area contributed by atoms with E-state index in [0.717, 1.165) is 30.2 Å². The third kappa shape index (κ3) is 9.57. The van der Waals surface area contributed by atoms with Crippen molar-refractivity contribution in [1.29, 1.82) is 0 Å². The summed E-state index contributed by atoms with van der Waals surface area (Å²) in [6, 6.07) is 25.1. The van der Waals surface area contributed by atoms with E-state index >= 15 is 0 Å². The molecule has 4 aromatic rings. The Morgan fingerprint density at radius 1 is 0.721 bits per heavy atom. The number of hydrogen-bond acceptors (Lipinski definition) is 3. The third-order valence-corrected chi connectivity index (χ3v) is 7.31. The SMILES string of the molecule is Cc1cc(C)c(N2[CH-]N(c3c(C)cc(C)cc3C)CC2)c(C)c1.[CH2-]c1ccccc1[OH+]c1ccc(N(C)C)cc1.[Cl][Ru-][Cl]. The fourth-order valence-electron chi connectivity index (χ4n) is 5.67. The van der Waals surface area contributed by atoms with Gasteiger partial charge in [0.15, 0.2) is 5.75 Å². The zero-order valence-electron chi connectivity index (χ0n) is 26.5. The molecule has 4 aromatic carbocycles. The molecule has 0 atom stereocenters. The van der Waals surface area contributed by atoms with Gasteiger partial charge >= 0.3 is 34.5 Å². The van der Waals surface area contributed by atoms with E-state index < -0.39 is 0 Å². The molecule has 1 N–H and O–H groups in total. The Bertz CT molecular complexity index is 1380. The average molecular weight is 707 g/mol. The van der Waals surface area contributed by atoms with E-state index in [0.29, 0.717) is 0 Å². The van der Waals surface area contributed by atoms with E-state index in [1.807, 2.05) is 50.5 Å². The van der Waals surface area contributed by atoms with E-state index in [4.69, 9.17) is 19.4 Å². The summed E-state index contributed by atoms with van der Waals surface area (Å²) in [6.45, 7) is 21.5. The number of halogens is 2. The van der Waals surface area contributed by atoms with Crippen molar-refractivity contribution in [3.63, 3.8) is 0 Å². The standard InChI is InChI=1S/C21H27N2.C15H16NO.2ClH.Ru/c1-14-9-16(3)20(17(4)10-14)22-7-8-23(13-22)21-18(5)11-15(2)12-19(21)6;1-12-6-4-5-7-15(12)17-14-10-8-13(9-11-14)16(2)3;;;/h9-13H,7-8H2,1-6H3;4-11H,1H2,2-3H3;2*1H;/q2*-1;;;+1/p-1. The molecule has 43 heavy (non-hydrogen) atoms. The molecule has 1 aliphatic rings. The second-order valence-electron chi connectivity index (χ2n) is 11.2. The fourth-order valence-corrected chi connectivity index (χ4v) is 5.67. The van der Waals surface area contributed by atoms with Gasteiger partial charge in [0, 0.05) is 56.4 Å². The minimum atomic E-state index is -0.346. The summed E-state index contributed by atoms with van der Waals surface area (Å²) < 4.78 is 4.56. The van der Waals surface area contributed by atoms with E-state index in [1.165, 1.54) is 50.4 Å². The molecular weight excluding hydrogens is 662 g/mol. The first-order valence-corrected chi connectivity index (χ1v) is 18.7. The molecule has 1 fully saturated rings. The average Bonchev–Trinajstić information content (AvgIpc) is 3.39. The van der Waals surface area contributed by atoms with Crippen LogP contribution in [0.15, 0.2) is 72.8 Å². The quantitative estimate of drug-likeness (QED) is 0.117. The molecule has 1 saturated heterocycles. The predicted molar refractivity (Wildman–Crippen MR) is 185 cm³/mol. The molecule has 5 rings (SSSR count). The molecule has 0 saturated carbocycles. The van der Waals surface area contributed by atoms with Crippen LogP contribution in [0.2, 0.25) is 0 Å². The maximum absolute atomic E-state index is 4.85. The Hall–Kier alpha value is -2.85. The van der Waals surface area contributed by atoms with Crippen molar-refractivity contribution in [2.45, 2.75) is 41.5 Å². The van der Waals surface area contributed by atoms with Gasteiger partial charge in [0.1, 0.15) is 0 Å². The normalized spacial score (nSPS) is 12.3. The maximum atomic E-state index is 4.85. The van der Waals surface area contributed by atoms with Gasteiger partial charge < -0.3 is 19.4 Å². The topological polar surface area (TPSA) is 22.5 Å². The van der Waals surface area contributed by atoms with E-state index in [-0.39, 0.29) is 15.1 Å². The van der Waals surface area contributed by atoms with Crippen LogP contribution in [0.4, 0.5) is 17.1 Å². The predicted octanol–water partition coefficient (Wildman–Crippen LogP) is 9.95. The van der Waals surface area contributed by atoms with Crippen LogP contribution in [0, 0.1) is 55.1 Å². The first kappa shape index (κ1) is 34.6.